The van der Waals surface area contributed by atoms with Crippen LogP contribution in [0.4, 0.5) is 34.1 Å². The first-order valence-corrected chi connectivity index (χ1v) is 38.7. The summed E-state index contributed by atoms with van der Waals surface area (Å²) in [5.41, 5.74) is 34.0. The highest BCUT2D eigenvalue weighted by Gasteiger charge is 2.46. The standard InChI is InChI=1S/C102H99BN4/c1-97(2,3)66-49-54-71(83(59-66)102(16,17)18)65-48-53-79(73-35-21-28-42-82(73)101(13,14)15)91(58-65)107-93-63-69(105-88-45-31-24-38-76(88)77-39-25-32-46-89(77)105)51-56-85(93)103-84-55-50-68(104-86-43-29-22-36-74(86)75-37-23-30-44-87(75)104)62-92(84)106(94-60-67(98(4,5)6)61-95(107)96(94)103)90-57-64(70-33-19-26-40-80(70)99(7,8)9)47-52-78(90)72-34-20-27-41-81(72)100(10,11)12/h19-63H,1-18H3. The van der Waals surface area contributed by atoms with Crippen molar-refractivity contribution in [2.45, 2.75) is 157 Å². The van der Waals surface area contributed by atoms with Crippen LogP contribution in [0.25, 0.3) is 99.5 Å². The van der Waals surface area contributed by atoms with Gasteiger partial charge in [-0.25, -0.2) is 0 Å². The van der Waals surface area contributed by atoms with Crippen molar-refractivity contribution >= 4 is 101 Å². The molecule has 530 valence electrons. The summed E-state index contributed by atoms with van der Waals surface area (Å²) in [6, 6.07) is 106. The van der Waals surface area contributed by atoms with Crippen molar-refractivity contribution in [1.82, 2.24) is 9.13 Å². The molecule has 17 rings (SSSR count). The van der Waals surface area contributed by atoms with Crippen LogP contribution in [-0.4, -0.2) is 15.8 Å². The van der Waals surface area contributed by atoms with Crippen molar-refractivity contribution < 1.29 is 0 Å². The van der Waals surface area contributed by atoms with Gasteiger partial charge in [0.25, 0.3) is 6.71 Å². The van der Waals surface area contributed by atoms with E-state index >= 15 is 0 Å². The third kappa shape index (κ3) is 11.6. The van der Waals surface area contributed by atoms with Gasteiger partial charge in [-0.05, 0) is 188 Å². The van der Waals surface area contributed by atoms with Gasteiger partial charge in [0.15, 0.2) is 0 Å². The molecule has 4 nitrogen and oxygen atoms in total. The molecule has 2 aliphatic rings. The van der Waals surface area contributed by atoms with E-state index in [2.05, 4.69) is 417 Å². The predicted octanol–water partition coefficient (Wildman–Crippen LogP) is 26.4. The first kappa shape index (κ1) is 69.2. The smallest absolute Gasteiger partial charge is 0.252 e. The zero-order valence-electron chi connectivity index (χ0n) is 65.8. The summed E-state index contributed by atoms with van der Waals surface area (Å²) in [7, 11) is 0. The van der Waals surface area contributed by atoms with E-state index in [0.29, 0.717) is 0 Å². The number of hydrogen-bond acceptors (Lipinski definition) is 2. The number of fused-ring (bicyclic) bond motifs is 10. The molecule has 2 aromatic heterocycles. The minimum absolute atomic E-state index is 0.0441. The number of aromatic nitrogens is 2. The zero-order valence-corrected chi connectivity index (χ0v) is 65.8. The van der Waals surface area contributed by atoms with E-state index in [1.807, 2.05) is 0 Å². The Balaban J connectivity index is 1.06. The maximum atomic E-state index is 2.75. The van der Waals surface area contributed by atoms with E-state index < -0.39 is 0 Å². The lowest BCUT2D eigenvalue weighted by molar-refractivity contribution is 0.569. The Kier molecular flexibility index (Phi) is 16.1. The Morgan fingerprint density at radius 1 is 0.224 bits per heavy atom. The van der Waals surface area contributed by atoms with Crippen molar-refractivity contribution in [3.8, 4) is 55.9 Å². The highest BCUT2D eigenvalue weighted by Crippen LogP contribution is 2.54. The molecule has 5 heteroatoms. The number of para-hydroxylation sites is 4. The Hall–Kier alpha value is -10.9. The lowest BCUT2D eigenvalue weighted by Gasteiger charge is -2.46. The van der Waals surface area contributed by atoms with Crippen LogP contribution in [0.5, 0.6) is 0 Å². The molecular formula is C102H99BN4. The summed E-state index contributed by atoms with van der Waals surface area (Å²) in [6.07, 6.45) is 0. The summed E-state index contributed by atoms with van der Waals surface area (Å²) in [5.74, 6) is 0. The quantitative estimate of drug-likeness (QED) is 0.141. The molecule has 4 heterocycles. The summed E-state index contributed by atoms with van der Waals surface area (Å²) in [4.78, 5) is 5.49. The highest BCUT2D eigenvalue weighted by molar-refractivity contribution is 7.00. The summed E-state index contributed by atoms with van der Waals surface area (Å²) in [5, 5.41) is 4.94. The molecular weight excluding hydrogens is 1290 g/mol. The van der Waals surface area contributed by atoms with Gasteiger partial charge in [0, 0.05) is 66.8 Å². The van der Waals surface area contributed by atoms with E-state index in [1.54, 1.807) is 0 Å². The fourth-order valence-corrected chi connectivity index (χ4v) is 17.8. The monoisotopic (exact) mass is 1390 g/mol. The van der Waals surface area contributed by atoms with Gasteiger partial charge in [0.2, 0.25) is 0 Å². The SMILES string of the molecule is CC(C)(C)c1cc2c3c(c1)N(c1cc(-c4ccc(C(C)(C)C)cc4C(C)(C)C)ccc1-c1ccccc1C(C)(C)C)c1cc(-n4c5ccccc5c5ccccc54)ccc1B3c1ccc(-n3c4ccccc4c4ccccc43)cc1N2c1cc(-c2ccccc2C(C)(C)C)ccc1-c1ccccc1C(C)(C)C. The maximum absolute atomic E-state index is 2.75. The van der Waals surface area contributed by atoms with Crippen molar-refractivity contribution in [1.29, 1.82) is 0 Å². The van der Waals surface area contributed by atoms with Crippen LogP contribution >= 0.6 is 0 Å². The lowest BCUT2D eigenvalue weighted by Crippen LogP contribution is -2.61. The van der Waals surface area contributed by atoms with Crippen LogP contribution in [0.3, 0.4) is 0 Å². The molecule has 0 saturated heterocycles. The lowest BCUT2D eigenvalue weighted by atomic mass is 9.33. The summed E-state index contributed by atoms with van der Waals surface area (Å²) >= 11 is 0. The van der Waals surface area contributed by atoms with Gasteiger partial charge in [-0.15, -0.1) is 0 Å². The van der Waals surface area contributed by atoms with E-state index in [1.165, 1.54) is 149 Å². The Morgan fingerprint density at radius 3 is 0.925 bits per heavy atom. The van der Waals surface area contributed by atoms with E-state index in [-0.39, 0.29) is 39.2 Å². The molecule has 107 heavy (non-hydrogen) atoms. The zero-order chi connectivity index (χ0) is 74.8. The van der Waals surface area contributed by atoms with E-state index in [4.69, 9.17) is 0 Å². The van der Waals surface area contributed by atoms with Gasteiger partial charge in [-0.2, -0.15) is 0 Å². The molecule has 0 atom stereocenters. The fraction of sp³-hybridized carbons (Fsp3) is 0.235. The number of nitrogens with zero attached hydrogens (tertiary/aromatic N) is 4. The van der Waals surface area contributed by atoms with Crippen LogP contribution in [0.1, 0.15) is 158 Å². The van der Waals surface area contributed by atoms with E-state index in [9.17, 15) is 0 Å². The largest absolute Gasteiger partial charge is 0.311 e. The molecule has 0 aliphatic carbocycles. The molecule has 0 spiro atoms. The Morgan fingerprint density at radius 2 is 0.551 bits per heavy atom. The van der Waals surface area contributed by atoms with Crippen molar-refractivity contribution in [3.63, 3.8) is 0 Å². The molecule has 15 aromatic rings. The predicted molar refractivity (Wildman–Crippen MR) is 463 cm³/mol. The fourth-order valence-electron chi connectivity index (χ4n) is 17.8. The van der Waals surface area contributed by atoms with Gasteiger partial charge in [-0.3, -0.25) is 0 Å². The number of anilines is 6. The maximum Gasteiger partial charge on any atom is 0.252 e. The number of rotatable bonds is 8. The first-order valence-electron chi connectivity index (χ1n) is 38.7. The Bertz CT molecular complexity index is 6000. The molecule has 0 fully saturated rings. The molecule has 2 aliphatic heterocycles. The average molecular weight is 1390 g/mol. The van der Waals surface area contributed by atoms with E-state index in [0.717, 1.165) is 34.1 Å². The number of benzene rings is 13. The molecule has 0 N–H and O–H groups in total. The molecule has 0 saturated carbocycles. The minimum atomic E-state index is -0.330. The average Bonchev–Trinajstić information content (AvgIpc) is 0.916. The number of hydrogen-bond donors (Lipinski definition) is 0. The molecule has 0 bridgehead atoms. The van der Waals surface area contributed by atoms with Gasteiger partial charge in [-0.1, -0.05) is 325 Å². The first-order chi connectivity index (χ1) is 50.9. The second-order valence-corrected chi connectivity index (χ2v) is 36.6. The molecule has 0 unspecified atom stereocenters. The molecule has 13 aromatic carbocycles. The third-order valence-corrected chi connectivity index (χ3v) is 23.2. The minimum Gasteiger partial charge on any atom is -0.311 e. The normalized spacial score (nSPS) is 13.5. The third-order valence-electron chi connectivity index (χ3n) is 23.2. The van der Waals surface area contributed by atoms with Crippen LogP contribution in [0, 0.1) is 0 Å². The van der Waals surface area contributed by atoms with Crippen molar-refractivity contribution in [3.05, 3.63) is 306 Å². The van der Waals surface area contributed by atoms with Gasteiger partial charge >= 0.3 is 0 Å². The summed E-state index contributed by atoms with van der Waals surface area (Å²) in [6.45, 7) is 42.5. The van der Waals surface area contributed by atoms with Crippen molar-refractivity contribution in [2.24, 2.45) is 0 Å². The van der Waals surface area contributed by atoms with Crippen LogP contribution in [0.2, 0.25) is 0 Å². The summed E-state index contributed by atoms with van der Waals surface area (Å²) < 4.78 is 5.03. The van der Waals surface area contributed by atoms with Crippen LogP contribution in [-0.2, 0) is 32.5 Å². The molecule has 0 amide bonds. The van der Waals surface area contributed by atoms with Gasteiger partial charge < -0.3 is 18.9 Å². The van der Waals surface area contributed by atoms with Gasteiger partial charge in [0.05, 0.1) is 33.4 Å². The second-order valence-electron chi connectivity index (χ2n) is 36.6. The highest BCUT2D eigenvalue weighted by atomic mass is 15.2. The van der Waals surface area contributed by atoms with Crippen LogP contribution < -0.4 is 26.2 Å². The Labute approximate surface area is 635 Å². The van der Waals surface area contributed by atoms with Gasteiger partial charge in [0.1, 0.15) is 0 Å². The second kappa shape index (κ2) is 24.9. The molecule has 0 radical (unpaired) electrons. The topological polar surface area (TPSA) is 16.3 Å². The van der Waals surface area contributed by atoms with Crippen molar-refractivity contribution in [2.75, 3.05) is 9.80 Å². The van der Waals surface area contributed by atoms with Crippen LogP contribution in [0.15, 0.2) is 273 Å².